The molecule has 0 unspecified atom stereocenters. The summed E-state index contributed by atoms with van der Waals surface area (Å²) in [6.45, 7) is 3.75. The van der Waals surface area contributed by atoms with Crippen LogP contribution in [0.5, 0.6) is 0 Å². The lowest BCUT2D eigenvalue weighted by atomic mass is 9.95. The normalized spacial score (nSPS) is 16.7. The number of carbonyl (C=O) groups excluding carboxylic acids is 2. The van der Waals surface area contributed by atoms with Crippen LogP contribution in [0.25, 0.3) is 11.1 Å². The Hall–Kier alpha value is -3.54. The molecule has 0 bridgehead atoms. The van der Waals surface area contributed by atoms with Gasteiger partial charge in [0.1, 0.15) is 5.82 Å². The topological polar surface area (TPSA) is 53.5 Å². The number of hydrogen-bond donors (Lipinski definition) is 0. The summed E-state index contributed by atoms with van der Waals surface area (Å²) in [5.41, 5.74) is 3.39. The second kappa shape index (κ2) is 9.73. The third-order valence-corrected chi connectivity index (χ3v) is 5.89. The minimum absolute atomic E-state index is 0.0498. The highest BCUT2D eigenvalue weighted by Crippen LogP contribution is 2.23. The lowest BCUT2D eigenvalue weighted by Gasteiger charge is -2.24. The third kappa shape index (κ3) is 4.85. The number of rotatable bonds is 5. The molecule has 0 N–H and O–H groups in total. The number of carbonyl (C=O) groups is 2. The van der Waals surface area contributed by atoms with Gasteiger partial charge in [-0.3, -0.25) is 14.6 Å². The Balaban J connectivity index is 1.58. The number of likely N-dealkylation sites (N-methyl/N-ethyl adjacent to an activating group) is 1. The Kier molecular flexibility index (Phi) is 6.59. The van der Waals surface area contributed by atoms with Crippen LogP contribution in [0, 0.1) is 11.7 Å². The quantitative estimate of drug-likeness (QED) is 0.612. The maximum atomic E-state index is 13.7. The number of hydrogen-bond acceptors (Lipinski definition) is 3. The summed E-state index contributed by atoms with van der Waals surface area (Å²) in [6.07, 6.45) is 4.07. The number of amides is 2. The molecular weight excluding hydrogens is 405 g/mol. The van der Waals surface area contributed by atoms with Crippen molar-refractivity contribution in [1.29, 1.82) is 0 Å². The van der Waals surface area contributed by atoms with Crippen molar-refractivity contribution in [2.75, 3.05) is 26.2 Å². The molecule has 6 heteroatoms. The summed E-state index contributed by atoms with van der Waals surface area (Å²) in [7, 11) is 0. The van der Waals surface area contributed by atoms with Gasteiger partial charge >= 0.3 is 0 Å². The molecular formula is C26H26FN3O2. The van der Waals surface area contributed by atoms with Crippen LogP contribution in [0.1, 0.15) is 22.8 Å². The van der Waals surface area contributed by atoms with E-state index in [4.69, 9.17) is 0 Å². The molecule has 2 heterocycles. The first-order valence-corrected chi connectivity index (χ1v) is 10.9. The van der Waals surface area contributed by atoms with E-state index in [1.54, 1.807) is 22.1 Å². The molecule has 164 valence electrons. The number of benzene rings is 2. The van der Waals surface area contributed by atoms with Gasteiger partial charge in [-0.15, -0.1) is 0 Å². The van der Waals surface area contributed by atoms with Crippen LogP contribution in [0.4, 0.5) is 4.39 Å². The summed E-state index contributed by atoms with van der Waals surface area (Å²) < 4.78 is 13.7. The molecule has 3 aromatic rings. The molecule has 32 heavy (non-hydrogen) atoms. The highest BCUT2D eigenvalue weighted by Gasteiger charge is 2.32. The summed E-state index contributed by atoms with van der Waals surface area (Å²) in [5.74, 6) is -1.00. The van der Waals surface area contributed by atoms with Gasteiger partial charge in [-0.1, -0.05) is 36.4 Å². The Morgan fingerprint density at radius 3 is 2.62 bits per heavy atom. The summed E-state index contributed by atoms with van der Waals surface area (Å²) in [6, 6.07) is 17.7. The van der Waals surface area contributed by atoms with Gasteiger partial charge in [0.15, 0.2) is 0 Å². The van der Waals surface area contributed by atoms with E-state index >= 15 is 0 Å². The van der Waals surface area contributed by atoms with Crippen LogP contribution in [0.15, 0.2) is 73.1 Å². The number of pyridine rings is 1. The van der Waals surface area contributed by atoms with Crippen LogP contribution in [-0.2, 0) is 11.2 Å². The zero-order valence-electron chi connectivity index (χ0n) is 18.1. The molecule has 5 nitrogen and oxygen atoms in total. The average molecular weight is 432 g/mol. The Morgan fingerprint density at radius 1 is 1.06 bits per heavy atom. The van der Waals surface area contributed by atoms with Gasteiger partial charge in [0.05, 0.1) is 5.92 Å². The average Bonchev–Trinajstić information content (AvgIpc) is 2.98. The van der Waals surface area contributed by atoms with Crippen LogP contribution in [-0.4, -0.2) is 52.8 Å². The molecule has 0 spiro atoms. The Labute approximate surface area is 187 Å². The molecule has 2 amide bonds. The number of halogens is 1. The molecule has 0 saturated carbocycles. The lowest BCUT2D eigenvalue weighted by Crippen LogP contribution is -2.38. The van der Waals surface area contributed by atoms with Crippen LogP contribution < -0.4 is 0 Å². The van der Waals surface area contributed by atoms with Gasteiger partial charge in [-0.05, 0) is 54.3 Å². The van der Waals surface area contributed by atoms with Crippen molar-refractivity contribution in [3.05, 3.63) is 90.0 Å². The molecule has 1 saturated heterocycles. The zero-order valence-corrected chi connectivity index (χ0v) is 18.1. The number of aromatic nitrogens is 1. The minimum Gasteiger partial charge on any atom is -0.341 e. The zero-order chi connectivity index (χ0) is 22.5. The predicted octanol–water partition coefficient (Wildman–Crippen LogP) is 4.05. The van der Waals surface area contributed by atoms with Gasteiger partial charge in [0.25, 0.3) is 5.91 Å². The lowest BCUT2D eigenvalue weighted by molar-refractivity contribution is -0.134. The van der Waals surface area contributed by atoms with Gasteiger partial charge in [-0.2, -0.15) is 0 Å². The standard InChI is InChI=1S/C26H26FN3O2/c1-2-29-12-13-30(25(31)21-8-4-10-24(27)16-21)18-23(26(29)32)15-19-6-3-7-20(14-19)22-9-5-11-28-17-22/h3-11,14,16-17,23H,2,12-13,15,18H2,1H3/t23-/m1/s1. The SMILES string of the molecule is CCN1CCN(C(=O)c2cccc(F)c2)C[C@@H](Cc2cccc(-c3cccnc3)c2)C1=O. The van der Waals surface area contributed by atoms with E-state index in [2.05, 4.69) is 11.1 Å². The molecule has 1 aliphatic heterocycles. The fraction of sp³-hybridized carbons (Fsp3) is 0.269. The van der Waals surface area contributed by atoms with Crippen LogP contribution >= 0.6 is 0 Å². The molecule has 4 rings (SSSR count). The summed E-state index contributed by atoms with van der Waals surface area (Å²) in [4.78, 5) is 33.9. The van der Waals surface area contributed by atoms with Crippen molar-refractivity contribution in [3.8, 4) is 11.1 Å². The van der Waals surface area contributed by atoms with Gasteiger partial charge in [0, 0.05) is 44.1 Å². The van der Waals surface area contributed by atoms with E-state index in [0.717, 1.165) is 16.7 Å². The van der Waals surface area contributed by atoms with Crippen LogP contribution in [0.3, 0.4) is 0 Å². The first-order chi connectivity index (χ1) is 15.5. The van der Waals surface area contributed by atoms with Crippen molar-refractivity contribution in [1.82, 2.24) is 14.8 Å². The molecule has 1 aromatic heterocycles. The maximum Gasteiger partial charge on any atom is 0.254 e. The maximum absolute atomic E-state index is 13.7. The highest BCUT2D eigenvalue weighted by atomic mass is 19.1. The van der Waals surface area contributed by atoms with E-state index in [1.165, 1.54) is 18.2 Å². The molecule has 1 fully saturated rings. The number of nitrogens with zero attached hydrogens (tertiary/aromatic N) is 3. The van der Waals surface area contributed by atoms with Crippen molar-refractivity contribution >= 4 is 11.8 Å². The van der Waals surface area contributed by atoms with E-state index in [0.29, 0.717) is 38.2 Å². The van der Waals surface area contributed by atoms with Gasteiger partial charge in [-0.25, -0.2) is 4.39 Å². The van der Waals surface area contributed by atoms with E-state index in [-0.39, 0.29) is 17.7 Å². The summed E-state index contributed by atoms with van der Waals surface area (Å²) in [5, 5.41) is 0. The van der Waals surface area contributed by atoms with Crippen molar-refractivity contribution in [2.24, 2.45) is 5.92 Å². The first-order valence-electron chi connectivity index (χ1n) is 10.9. The highest BCUT2D eigenvalue weighted by molar-refractivity contribution is 5.95. The second-order valence-corrected chi connectivity index (χ2v) is 8.02. The molecule has 0 radical (unpaired) electrons. The summed E-state index contributed by atoms with van der Waals surface area (Å²) >= 11 is 0. The fourth-order valence-corrected chi connectivity index (χ4v) is 4.20. The van der Waals surface area contributed by atoms with E-state index in [9.17, 15) is 14.0 Å². The first kappa shape index (κ1) is 21.7. The van der Waals surface area contributed by atoms with E-state index in [1.807, 2.05) is 43.5 Å². The third-order valence-electron chi connectivity index (χ3n) is 5.89. The van der Waals surface area contributed by atoms with Crippen molar-refractivity contribution in [2.45, 2.75) is 13.3 Å². The smallest absolute Gasteiger partial charge is 0.254 e. The minimum atomic E-state index is -0.444. The van der Waals surface area contributed by atoms with Gasteiger partial charge in [0.2, 0.25) is 5.91 Å². The Morgan fingerprint density at radius 2 is 1.88 bits per heavy atom. The predicted molar refractivity (Wildman–Crippen MR) is 121 cm³/mol. The van der Waals surface area contributed by atoms with Crippen molar-refractivity contribution < 1.29 is 14.0 Å². The molecule has 1 atom stereocenters. The molecule has 1 aliphatic rings. The van der Waals surface area contributed by atoms with Crippen molar-refractivity contribution in [3.63, 3.8) is 0 Å². The molecule has 2 aromatic carbocycles. The Bertz CT molecular complexity index is 1100. The fourth-order valence-electron chi connectivity index (χ4n) is 4.20. The van der Waals surface area contributed by atoms with Gasteiger partial charge < -0.3 is 9.80 Å². The largest absolute Gasteiger partial charge is 0.341 e. The monoisotopic (exact) mass is 431 g/mol. The second-order valence-electron chi connectivity index (χ2n) is 8.02. The molecule has 0 aliphatic carbocycles. The van der Waals surface area contributed by atoms with Crippen LogP contribution in [0.2, 0.25) is 0 Å². The van der Waals surface area contributed by atoms with E-state index < -0.39 is 5.82 Å².